The van der Waals surface area contributed by atoms with Crippen LogP contribution < -0.4 is 4.74 Å². The van der Waals surface area contributed by atoms with E-state index in [1.165, 1.54) is 0 Å². The first-order valence-corrected chi connectivity index (χ1v) is 8.60. The third kappa shape index (κ3) is 3.70. The zero-order valence-corrected chi connectivity index (χ0v) is 15.2. The highest BCUT2D eigenvalue weighted by Crippen LogP contribution is 2.38. The van der Waals surface area contributed by atoms with Gasteiger partial charge in [-0.1, -0.05) is 43.0 Å². The molecule has 3 rings (SSSR count). The Morgan fingerprint density at radius 1 is 1.23 bits per heavy atom. The maximum absolute atomic E-state index is 11.3. The standard InChI is InChI=1S/C22H23NO3/c1-15(22(24)25)16-10-11-21-20(13-16)19(9-6-12-23(2)3)18-8-5-4-7-17(18)14-26-21/h4-5,7-11,13H,1,6,12,14H2,2-3H3,(H,24,25)/b19-9+. The second kappa shape index (κ2) is 7.58. The highest BCUT2D eigenvalue weighted by Gasteiger charge is 2.20. The summed E-state index contributed by atoms with van der Waals surface area (Å²) in [4.78, 5) is 13.5. The molecule has 0 spiro atoms. The molecule has 26 heavy (non-hydrogen) atoms. The molecule has 0 saturated heterocycles. The number of fused-ring (bicyclic) bond motifs is 2. The van der Waals surface area contributed by atoms with Gasteiger partial charge in [0.2, 0.25) is 0 Å². The van der Waals surface area contributed by atoms with Crippen LogP contribution in [0.4, 0.5) is 0 Å². The van der Waals surface area contributed by atoms with Gasteiger partial charge in [-0.25, -0.2) is 4.79 Å². The fraction of sp³-hybridized carbons (Fsp3) is 0.227. The molecule has 0 unspecified atom stereocenters. The zero-order chi connectivity index (χ0) is 18.7. The predicted molar refractivity (Wildman–Crippen MR) is 104 cm³/mol. The number of benzene rings is 2. The van der Waals surface area contributed by atoms with Crippen LogP contribution in [0.1, 0.15) is 28.7 Å². The average Bonchev–Trinajstić information content (AvgIpc) is 2.78. The smallest absolute Gasteiger partial charge is 0.335 e. The number of rotatable bonds is 5. The SMILES string of the molecule is C=C(C(=O)O)c1ccc2c(c1)/C(=C/CCN(C)C)c1ccccc1CO2. The van der Waals surface area contributed by atoms with Crippen molar-refractivity contribution in [1.29, 1.82) is 0 Å². The van der Waals surface area contributed by atoms with Crippen LogP contribution in [0.25, 0.3) is 11.1 Å². The summed E-state index contributed by atoms with van der Waals surface area (Å²) in [6, 6.07) is 13.6. The number of ether oxygens (including phenoxy) is 1. The van der Waals surface area contributed by atoms with Crippen molar-refractivity contribution in [2.24, 2.45) is 0 Å². The summed E-state index contributed by atoms with van der Waals surface area (Å²) in [7, 11) is 4.09. The monoisotopic (exact) mass is 349 g/mol. The molecule has 0 bridgehead atoms. The summed E-state index contributed by atoms with van der Waals surface area (Å²) in [5.41, 5.74) is 4.92. The van der Waals surface area contributed by atoms with Crippen LogP contribution in [0, 0.1) is 0 Å². The first-order valence-electron chi connectivity index (χ1n) is 8.60. The van der Waals surface area contributed by atoms with Gasteiger partial charge in [0.1, 0.15) is 12.4 Å². The van der Waals surface area contributed by atoms with Gasteiger partial charge in [-0.05, 0) is 54.9 Å². The van der Waals surface area contributed by atoms with Crippen LogP contribution in [0.5, 0.6) is 5.75 Å². The molecule has 0 fully saturated rings. The normalized spacial score (nSPS) is 14.3. The fourth-order valence-corrected chi connectivity index (χ4v) is 3.07. The summed E-state index contributed by atoms with van der Waals surface area (Å²) in [6.07, 6.45) is 3.10. The van der Waals surface area contributed by atoms with E-state index in [2.05, 4.69) is 29.7 Å². The Morgan fingerprint density at radius 2 is 2.00 bits per heavy atom. The molecule has 1 aliphatic rings. The topological polar surface area (TPSA) is 49.8 Å². The van der Waals surface area contributed by atoms with Crippen molar-refractivity contribution in [3.8, 4) is 5.75 Å². The van der Waals surface area contributed by atoms with Gasteiger partial charge in [0.25, 0.3) is 0 Å². The maximum atomic E-state index is 11.3. The van der Waals surface area contributed by atoms with Gasteiger partial charge in [-0.2, -0.15) is 0 Å². The van der Waals surface area contributed by atoms with Gasteiger partial charge < -0.3 is 14.7 Å². The van der Waals surface area contributed by atoms with E-state index in [4.69, 9.17) is 4.74 Å². The molecular formula is C22H23NO3. The third-order valence-corrected chi connectivity index (χ3v) is 4.49. The van der Waals surface area contributed by atoms with E-state index in [0.717, 1.165) is 41.0 Å². The lowest BCUT2D eigenvalue weighted by Gasteiger charge is -2.13. The minimum absolute atomic E-state index is 0.0815. The first-order chi connectivity index (χ1) is 12.5. The summed E-state index contributed by atoms with van der Waals surface area (Å²) < 4.78 is 6.00. The number of carbonyl (C=O) groups is 1. The molecule has 0 aromatic heterocycles. The minimum atomic E-state index is -1.02. The van der Waals surface area contributed by atoms with E-state index >= 15 is 0 Å². The molecule has 0 radical (unpaired) electrons. The number of hydrogen-bond acceptors (Lipinski definition) is 3. The lowest BCUT2D eigenvalue weighted by Crippen LogP contribution is -2.12. The van der Waals surface area contributed by atoms with Gasteiger partial charge in [0.15, 0.2) is 0 Å². The van der Waals surface area contributed by atoms with E-state index < -0.39 is 5.97 Å². The molecule has 4 nitrogen and oxygen atoms in total. The Kier molecular flexibility index (Phi) is 5.24. The van der Waals surface area contributed by atoms with Crippen LogP contribution in [-0.2, 0) is 11.4 Å². The molecule has 0 aliphatic carbocycles. The fourth-order valence-electron chi connectivity index (χ4n) is 3.07. The average molecular weight is 349 g/mol. The molecule has 2 aromatic rings. The van der Waals surface area contributed by atoms with E-state index in [9.17, 15) is 9.90 Å². The number of hydrogen-bond donors (Lipinski definition) is 1. The third-order valence-electron chi connectivity index (χ3n) is 4.49. The molecule has 1 N–H and O–H groups in total. The molecule has 0 saturated carbocycles. The summed E-state index contributed by atoms with van der Waals surface area (Å²) in [5.74, 6) is -0.253. The lowest BCUT2D eigenvalue weighted by atomic mass is 9.91. The van der Waals surface area contributed by atoms with Crippen molar-refractivity contribution in [2.75, 3.05) is 20.6 Å². The molecular weight excluding hydrogens is 326 g/mol. The molecule has 0 atom stereocenters. The zero-order valence-electron chi connectivity index (χ0n) is 15.2. The Hall–Kier alpha value is -2.85. The van der Waals surface area contributed by atoms with E-state index in [0.29, 0.717) is 12.2 Å². The Labute approximate surface area is 154 Å². The number of nitrogens with zero attached hydrogens (tertiary/aromatic N) is 1. The quantitative estimate of drug-likeness (QED) is 0.827. The van der Waals surface area contributed by atoms with E-state index in [1.54, 1.807) is 6.07 Å². The Morgan fingerprint density at radius 3 is 2.73 bits per heavy atom. The lowest BCUT2D eigenvalue weighted by molar-refractivity contribution is -0.130. The summed E-state index contributed by atoms with van der Waals surface area (Å²) in [5, 5.41) is 9.27. The summed E-state index contributed by atoms with van der Waals surface area (Å²) in [6.45, 7) is 5.11. The molecule has 1 aliphatic heterocycles. The predicted octanol–water partition coefficient (Wildman–Crippen LogP) is 4.06. The van der Waals surface area contributed by atoms with Crippen molar-refractivity contribution in [1.82, 2.24) is 4.90 Å². The maximum Gasteiger partial charge on any atom is 0.335 e. The van der Waals surface area contributed by atoms with Gasteiger partial charge in [0.05, 0.1) is 5.57 Å². The van der Waals surface area contributed by atoms with Gasteiger partial charge in [0, 0.05) is 12.1 Å². The molecule has 4 heteroatoms. The van der Waals surface area contributed by atoms with Crippen molar-refractivity contribution in [3.05, 3.63) is 77.4 Å². The number of carboxylic acids is 1. The van der Waals surface area contributed by atoms with E-state index in [1.807, 2.05) is 38.4 Å². The molecule has 134 valence electrons. The van der Waals surface area contributed by atoms with Gasteiger partial charge in [-0.3, -0.25) is 0 Å². The number of carboxylic acid groups (broad SMARTS) is 1. The minimum Gasteiger partial charge on any atom is -0.488 e. The van der Waals surface area contributed by atoms with Crippen molar-refractivity contribution < 1.29 is 14.6 Å². The highest BCUT2D eigenvalue weighted by molar-refractivity contribution is 6.14. The van der Waals surface area contributed by atoms with Crippen LogP contribution in [0.15, 0.2) is 55.1 Å². The molecule has 1 heterocycles. The van der Waals surface area contributed by atoms with Crippen LogP contribution in [-0.4, -0.2) is 36.6 Å². The second-order valence-corrected chi connectivity index (χ2v) is 6.65. The van der Waals surface area contributed by atoms with Crippen LogP contribution >= 0.6 is 0 Å². The van der Waals surface area contributed by atoms with Crippen LogP contribution in [0.3, 0.4) is 0 Å². The second-order valence-electron chi connectivity index (χ2n) is 6.65. The summed E-state index contributed by atoms with van der Waals surface area (Å²) >= 11 is 0. The first kappa shape index (κ1) is 18.0. The van der Waals surface area contributed by atoms with Crippen molar-refractivity contribution >= 4 is 17.1 Å². The van der Waals surface area contributed by atoms with Crippen LogP contribution in [0.2, 0.25) is 0 Å². The van der Waals surface area contributed by atoms with Gasteiger partial charge >= 0.3 is 5.97 Å². The Bertz CT molecular complexity index is 881. The highest BCUT2D eigenvalue weighted by atomic mass is 16.5. The largest absolute Gasteiger partial charge is 0.488 e. The van der Waals surface area contributed by atoms with Gasteiger partial charge in [-0.15, -0.1) is 0 Å². The Balaban J connectivity index is 2.13. The molecule has 0 amide bonds. The van der Waals surface area contributed by atoms with Crippen molar-refractivity contribution in [2.45, 2.75) is 13.0 Å². The molecule has 2 aromatic carbocycles. The van der Waals surface area contributed by atoms with E-state index in [-0.39, 0.29) is 5.57 Å². The number of aliphatic carboxylic acids is 1. The van der Waals surface area contributed by atoms with Crippen molar-refractivity contribution in [3.63, 3.8) is 0 Å².